The normalized spacial score (nSPS) is 15.3. The van der Waals surface area contributed by atoms with Crippen LogP contribution in [-0.4, -0.2) is 64.4 Å². The van der Waals surface area contributed by atoms with Crippen LogP contribution in [0.4, 0.5) is 9.59 Å². The molecular weight excluding hydrogens is 512 g/mol. The number of carbonyl (C=O) groups is 3. The van der Waals surface area contributed by atoms with E-state index in [0.717, 1.165) is 22.3 Å². The second-order valence-corrected chi connectivity index (χ2v) is 11.2. The Kier molecular flexibility index (Phi) is 7.56. The van der Waals surface area contributed by atoms with E-state index in [2.05, 4.69) is 24.3 Å². The van der Waals surface area contributed by atoms with E-state index in [1.807, 2.05) is 45.0 Å². The van der Waals surface area contributed by atoms with Gasteiger partial charge < -0.3 is 23.9 Å². The molecule has 2 heterocycles. The lowest BCUT2D eigenvalue weighted by Crippen LogP contribution is -2.49. The van der Waals surface area contributed by atoms with E-state index in [-0.39, 0.29) is 37.0 Å². The number of hydrogen-bond acceptors (Lipinski definition) is 6. The molecule has 40 heavy (non-hydrogen) atoms. The van der Waals surface area contributed by atoms with Gasteiger partial charge >= 0.3 is 18.2 Å². The molecule has 0 saturated carbocycles. The lowest BCUT2D eigenvalue weighted by atomic mass is 9.98. The van der Waals surface area contributed by atoms with Gasteiger partial charge in [-0.2, -0.15) is 0 Å². The molecule has 5 rings (SSSR count). The molecule has 1 aliphatic carbocycles. The first-order valence-corrected chi connectivity index (χ1v) is 13.5. The Morgan fingerprint density at radius 1 is 0.950 bits per heavy atom. The van der Waals surface area contributed by atoms with Crippen molar-refractivity contribution in [3.63, 3.8) is 0 Å². The standard InChI is InChI=1S/C31H34N2O7/c1-31(2,3)40-29(36)32-16-14-20(15-17-32)33(18-21-12-13-27(39-21)28(34)35)30(37)38-19-26-24-10-6-4-8-22(24)23-9-5-7-11-25(23)26/h4-13,20,26H,14-19H2,1-3H3,(H,34,35). The number of likely N-dealkylation sites (tertiary alicyclic amines) is 1. The lowest BCUT2D eigenvalue weighted by molar-refractivity contribution is 0.0124. The summed E-state index contributed by atoms with van der Waals surface area (Å²) in [6.45, 7) is 6.54. The highest BCUT2D eigenvalue weighted by Crippen LogP contribution is 2.44. The van der Waals surface area contributed by atoms with E-state index in [4.69, 9.17) is 13.9 Å². The Morgan fingerprint density at radius 2 is 1.55 bits per heavy atom. The molecule has 2 aromatic carbocycles. The molecule has 0 spiro atoms. The van der Waals surface area contributed by atoms with Gasteiger partial charge in [-0.3, -0.25) is 4.90 Å². The molecule has 2 amide bonds. The number of amides is 2. The minimum absolute atomic E-state index is 0.0566. The van der Waals surface area contributed by atoms with Gasteiger partial charge in [-0.05, 0) is 68.0 Å². The molecule has 1 aliphatic heterocycles. The van der Waals surface area contributed by atoms with Crippen molar-refractivity contribution in [2.45, 2.75) is 57.7 Å². The number of aromatic carboxylic acids is 1. The highest BCUT2D eigenvalue weighted by atomic mass is 16.6. The second-order valence-electron chi connectivity index (χ2n) is 11.2. The van der Waals surface area contributed by atoms with Crippen LogP contribution >= 0.6 is 0 Å². The van der Waals surface area contributed by atoms with Crippen molar-refractivity contribution in [2.75, 3.05) is 19.7 Å². The number of rotatable bonds is 6. The minimum Gasteiger partial charge on any atom is -0.475 e. The summed E-state index contributed by atoms with van der Waals surface area (Å²) < 4.78 is 16.9. The van der Waals surface area contributed by atoms with Gasteiger partial charge in [0.15, 0.2) is 0 Å². The van der Waals surface area contributed by atoms with Gasteiger partial charge in [0.1, 0.15) is 18.0 Å². The third kappa shape index (κ3) is 5.83. The molecule has 1 saturated heterocycles. The smallest absolute Gasteiger partial charge is 0.410 e. The van der Waals surface area contributed by atoms with Crippen LogP contribution in [0.15, 0.2) is 65.1 Å². The predicted molar refractivity (Wildman–Crippen MR) is 147 cm³/mol. The van der Waals surface area contributed by atoms with Crippen LogP contribution in [0.5, 0.6) is 0 Å². The number of carboxylic acid groups (broad SMARTS) is 1. The number of furan rings is 1. The highest BCUT2D eigenvalue weighted by molar-refractivity contribution is 5.84. The molecule has 1 fully saturated rings. The fourth-order valence-corrected chi connectivity index (χ4v) is 5.45. The molecule has 0 bridgehead atoms. The number of carbonyl (C=O) groups excluding carboxylic acids is 2. The first kappa shape index (κ1) is 27.3. The number of fused-ring (bicyclic) bond motifs is 3. The molecule has 210 valence electrons. The Bertz CT molecular complexity index is 1350. The molecule has 1 N–H and O–H groups in total. The maximum atomic E-state index is 13.6. The summed E-state index contributed by atoms with van der Waals surface area (Å²) >= 11 is 0. The van der Waals surface area contributed by atoms with E-state index in [9.17, 15) is 19.5 Å². The zero-order valence-electron chi connectivity index (χ0n) is 23.0. The Hall–Kier alpha value is -4.27. The van der Waals surface area contributed by atoms with E-state index in [1.165, 1.54) is 6.07 Å². The topological polar surface area (TPSA) is 110 Å². The van der Waals surface area contributed by atoms with Crippen molar-refractivity contribution in [1.82, 2.24) is 9.80 Å². The van der Waals surface area contributed by atoms with Gasteiger partial charge in [-0.1, -0.05) is 48.5 Å². The number of carboxylic acids is 1. The van der Waals surface area contributed by atoms with Crippen LogP contribution < -0.4 is 0 Å². The largest absolute Gasteiger partial charge is 0.475 e. The minimum atomic E-state index is -1.18. The summed E-state index contributed by atoms with van der Waals surface area (Å²) in [5.74, 6) is -1.11. The number of hydrogen-bond donors (Lipinski definition) is 1. The molecular formula is C31H34N2O7. The van der Waals surface area contributed by atoms with E-state index >= 15 is 0 Å². The van der Waals surface area contributed by atoms with Crippen LogP contribution in [0.2, 0.25) is 0 Å². The summed E-state index contributed by atoms with van der Waals surface area (Å²) in [6.07, 6.45) is 0.160. The zero-order valence-corrected chi connectivity index (χ0v) is 23.0. The molecule has 0 unspecified atom stereocenters. The van der Waals surface area contributed by atoms with Crippen molar-refractivity contribution in [3.05, 3.63) is 83.3 Å². The number of piperidine rings is 1. The van der Waals surface area contributed by atoms with Gasteiger partial charge in [0.2, 0.25) is 5.76 Å². The third-order valence-electron chi connectivity index (χ3n) is 7.33. The van der Waals surface area contributed by atoms with Crippen molar-refractivity contribution >= 4 is 18.2 Å². The van der Waals surface area contributed by atoms with E-state index in [1.54, 1.807) is 15.9 Å². The van der Waals surface area contributed by atoms with Gasteiger partial charge in [0.05, 0.1) is 6.54 Å². The van der Waals surface area contributed by atoms with Gasteiger partial charge in [0.25, 0.3) is 0 Å². The number of ether oxygens (including phenoxy) is 2. The SMILES string of the molecule is CC(C)(C)OC(=O)N1CCC(N(Cc2ccc(C(=O)O)o2)C(=O)OCC2c3ccccc3-c3ccccc32)CC1. The van der Waals surface area contributed by atoms with Gasteiger partial charge in [0, 0.05) is 25.0 Å². The van der Waals surface area contributed by atoms with Gasteiger partial charge in [-0.15, -0.1) is 0 Å². The summed E-state index contributed by atoms with van der Waals surface area (Å²) in [5, 5.41) is 9.27. The highest BCUT2D eigenvalue weighted by Gasteiger charge is 2.35. The second kappa shape index (κ2) is 11.1. The molecule has 9 nitrogen and oxygen atoms in total. The van der Waals surface area contributed by atoms with E-state index < -0.39 is 17.7 Å². The first-order valence-electron chi connectivity index (χ1n) is 13.5. The Labute approximate surface area is 233 Å². The fraction of sp³-hybridized carbons (Fsp3) is 0.387. The first-order chi connectivity index (χ1) is 19.1. The average molecular weight is 547 g/mol. The summed E-state index contributed by atoms with van der Waals surface area (Å²) in [4.78, 5) is 40.7. The predicted octanol–water partition coefficient (Wildman–Crippen LogP) is 6.13. The summed E-state index contributed by atoms with van der Waals surface area (Å²) in [6, 6.07) is 19.0. The zero-order chi connectivity index (χ0) is 28.4. The quantitative estimate of drug-likeness (QED) is 0.396. The third-order valence-corrected chi connectivity index (χ3v) is 7.33. The van der Waals surface area contributed by atoms with Crippen molar-refractivity contribution in [2.24, 2.45) is 0 Å². The van der Waals surface area contributed by atoms with Crippen molar-refractivity contribution in [1.29, 1.82) is 0 Å². The van der Waals surface area contributed by atoms with E-state index in [0.29, 0.717) is 31.7 Å². The fourth-order valence-electron chi connectivity index (χ4n) is 5.45. The maximum absolute atomic E-state index is 13.6. The molecule has 0 atom stereocenters. The summed E-state index contributed by atoms with van der Waals surface area (Å²) in [7, 11) is 0. The number of benzene rings is 2. The van der Waals surface area contributed by atoms with Crippen LogP contribution in [0, 0.1) is 0 Å². The monoisotopic (exact) mass is 546 g/mol. The van der Waals surface area contributed by atoms with Crippen LogP contribution in [0.3, 0.4) is 0 Å². The van der Waals surface area contributed by atoms with Gasteiger partial charge in [-0.25, -0.2) is 14.4 Å². The van der Waals surface area contributed by atoms with Crippen molar-refractivity contribution < 1.29 is 33.4 Å². The number of nitrogens with zero attached hydrogens (tertiary/aromatic N) is 2. The van der Waals surface area contributed by atoms with Crippen molar-refractivity contribution in [3.8, 4) is 11.1 Å². The van der Waals surface area contributed by atoms with Crippen LogP contribution in [0.25, 0.3) is 11.1 Å². The summed E-state index contributed by atoms with van der Waals surface area (Å²) in [5.41, 5.74) is 3.92. The molecule has 2 aliphatic rings. The average Bonchev–Trinajstić information content (AvgIpc) is 3.53. The van der Waals surface area contributed by atoms with Crippen LogP contribution in [-0.2, 0) is 16.0 Å². The Balaban J connectivity index is 1.31. The molecule has 0 radical (unpaired) electrons. The maximum Gasteiger partial charge on any atom is 0.410 e. The lowest BCUT2D eigenvalue weighted by Gasteiger charge is -2.38. The molecule has 3 aromatic rings. The Morgan fingerprint density at radius 3 is 2.10 bits per heavy atom. The molecule has 9 heteroatoms. The molecule has 1 aromatic heterocycles. The van der Waals surface area contributed by atoms with Crippen LogP contribution in [0.1, 0.15) is 67.0 Å².